The fraction of sp³-hybridized carbons (Fsp3) is 0.720. The molecule has 5 heteroatoms. The van der Waals surface area contributed by atoms with Gasteiger partial charge in [0.15, 0.2) is 6.29 Å². The molecule has 0 spiro atoms. The Morgan fingerprint density at radius 3 is 2.00 bits per heavy atom. The Balaban J connectivity index is 0.000000418. The van der Waals surface area contributed by atoms with Crippen molar-refractivity contribution in [3.05, 3.63) is 15.8 Å². The summed E-state index contributed by atoms with van der Waals surface area (Å²) in [5.41, 5.74) is 0.536. The number of anilines is 1. The molecule has 2 aliphatic rings. The van der Waals surface area contributed by atoms with Crippen LogP contribution in [0.15, 0.2) is 6.07 Å². The van der Waals surface area contributed by atoms with Crippen molar-refractivity contribution in [1.82, 2.24) is 0 Å². The van der Waals surface area contributed by atoms with Crippen LogP contribution in [0.5, 0.6) is 0 Å². The molecule has 1 heterocycles. The van der Waals surface area contributed by atoms with Crippen molar-refractivity contribution in [3.63, 3.8) is 0 Å². The van der Waals surface area contributed by atoms with Crippen LogP contribution in [0.25, 0.3) is 0 Å². The normalized spacial score (nSPS) is 17.4. The first-order valence-corrected chi connectivity index (χ1v) is 12.2. The fourth-order valence-electron chi connectivity index (χ4n) is 3.80. The van der Waals surface area contributed by atoms with Gasteiger partial charge in [0.25, 0.3) is 0 Å². The van der Waals surface area contributed by atoms with E-state index in [1.807, 2.05) is 6.07 Å². The van der Waals surface area contributed by atoms with Crippen molar-refractivity contribution in [1.29, 1.82) is 0 Å². The molecule has 0 unspecified atom stereocenters. The molecule has 0 amide bonds. The van der Waals surface area contributed by atoms with Gasteiger partial charge in [-0.15, -0.1) is 11.3 Å². The number of carbonyl (C=O) groups excluding carboxylic acids is 1. The van der Waals surface area contributed by atoms with Gasteiger partial charge in [-0.2, -0.15) is 0 Å². The molecule has 0 saturated heterocycles. The standard InChI is InChI=1S/C17H23NO2S.C7H14.CH4O/c1-17(2,3)10-9-14-11-15(16(12-19)21-14)18(20)13-7-5-4-6-8-13;1-7-5-3-2-4-6-7;1-2/h11-13,20H,4-8H2,1-3H3;7H,2-6H2,1H3;2H,1H3. The van der Waals surface area contributed by atoms with E-state index in [-0.39, 0.29) is 11.5 Å². The van der Waals surface area contributed by atoms with Crippen molar-refractivity contribution in [3.8, 4) is 11.8 Å². The summed E-state index contributed by atoms with van der Waals surface area (Å²) in [5.74, 6) is 7.31. The minimum Gasteiger partial charge on any atom is -0.400 e. The smallest absolute Gasteiger partial charge is 0.162 e. The lowest BCUT2D eigenvalue weighted by Crippen LogP contribution is -2.34. The van der Waals surface area contributed by atoms with Crippen molar-refractivity contribution < 1.29 is 15.1 Å². The zero-order valence-electron chi connectivity index (χ0n) is 19.5. The van der Waals surface area contributed by atoms with E-state index in [1.165, 1.54) is 54.9 Å². The molecule has 0 aliphatic heterocycles. The second-order valence-electron chi connectivity index (χ2n) is 9.36. The molecule has 3 rings (SSSR count). The topological polar surface area (TPSA) is 60.8 Å². The quantitative estimate of drug-likeness (QED) is 0.316. The summed E-state index contributed by atoms with van der Waals surface area (Å²) < 4.78 is 0. The molecule has 2 N–H and O–H groups in total. The van der Waals surface area contributed by atoms with Gasteiger partial charge in [0.2, 0.25) is 0 Å². The molecule has 0 atom stereocenters. The number of hydroxylamine groups is 1. The summed E-state index contributed by atoms with van der Waals surface area (Å²) in [7, 11) is 1.00. The molecular weight excluding hydrogens is 394 g/mol. The molecule has 1 aromatic rings. The van der Waals surface area contributed by atoms with Crippen LogP contribution in [-0.2, 0) is 0 Å². The van der Waals surface area contributed by atoms with Crippen LogP contribution >= 0.6 is 11.3 Å². The Kier molecular flexibility index (Phi) is 12.3. The van der Waals surface area contributed by atoms with Gasteiger partial charge in [-0.3, -0.25) is 15.1 Å². The van der Waals surface area contributed by atoms with Crippen molar-refractivity contribution in [2.45, 2.75) is 97.9 Å². The van der Waals surface area contributed by atoms with Crippen LogP contribution in [0.3, 0.4) is 0 Å². The van der Waals surface area contributed by atoms with Crippen molar-refractivity contribution >= 4 is 23.3 Å². The van der Waals surface area contributed by atoms with Crippen molar-refractivity contribution in [2.75, 3.05) is 12.2 Å². The third-order valence-electron chi connectivity index (χ3n) is 5.47. The van der Waals surface area contributed by atoms with Crippen LogP contribution in [0.2, 0.25) is 0 Å². The second-order valence-corrected chi connectivity index (χ2v) is 10.4. The van der Waals surface area contributed by atoms with Gasteiger partial charge in [-0.1, -0.05) is 70.1 Å². The third kappa shape index (κ3) is 9.64. The molecule has 2 fully saturated rings. The van der Waals surface area contributed by atoms with Gasteiger partial charge in [0, 0.05) is 12.5 Å². The maximum absolute atomic E-state index is 11.3. The van der Waals surface area contributed by atoms with E-state index in [4.69, 9.17) is 5.11 Å². The average molecular weight is 436 g/mol. The first-order chi connectivity index (χ1) is 14.3. The minimum absolute atomic E-state index is 0.0756. The van der Waals surface area contributed by atoms with E-state index in [9.17, 15) is 10.0 Å². The zero-order valence-corrected chi connectivity index (χ0v) is 20.4. The summed E-state index contributed by atoms with van der Waals surface area (Å²) in [5, 5.41) is 18.7. The Labute approximate surface area is 187 Å². The summed E-state index contributed by atoms with van der Waals surface area (Å²) in [6.45, 7) is 8.51. The first-order valence-electron chi connectivity index (χ1n) is 11.3. The average Bonchev–Trinajstić information content (AvgIpc) is 3.18. The SMILES string of the molecule is CC(C)(C)C#Cc1cc(N(O)C2CCCCC2)c(C=O)s1.CC1CCCCC1.CO. The van der Waals surface area contributed by atoms with Crippen LogP contribution < -0.4 is 5.06 Å². The summed E-state index contributed by atoms with van der Waals surface area (Å²) in [4.78, 5) is 12.6. The molecular formula is C25H41NO3S. The van der Waals surface area contributed by atoms with E-state index >= 15 is 0 Å². The van der Waals surface area contributed by atoms with Gasteiger partial charge in [0.05, 0.1) is 21.5 Å². The van der Waals surface area contributed by atoms with Crippen molar-refractivity contribution in [2.24, 2.45) is 11.3 Å². The Hall–Kier alpha value is -1.35. The highest BCUT2D eigenvalue weighted by Crippen LogP contribution is 2.32. The highest BCUT2D eigenvalue weighted by atomic mass is 32.1. The van der Waals surface area contributed by atoms with E-state index in [1.54, 1.807) is 0 Å². The summed E-state index contributed by atoms with van der Waals surface area (Å²) >= 11 is 1.35. The summed E-state index contributed by atoms with van der Waals surface area (Å²) in [6, 6.07) is 1.96. The number of aliphatic hydroxyl groups is 1. The van der Waals surface area contributed by atoms with Gasteiger partial charge in [-0.25, -0.2) is 0 Å². The molecule has 0 bridgehead atoms. The number of rotatable bonds is 3. The second kappa shape index (κ2) is 13.9. The Bertz CT molecular complexity index is 669. The Morgan fingerprint density at radius 2 is 1.57 bits per heavy atom. The molecule has 1 aromatic heterocycles. The number of aliphatic hydroxyl groups excluding tert-OH is 1. The monoisotopic (exact) mass is 435 g/mol. The van der Waals surface area contributed by atoms with Crippen LogP contribution in [0.4, 0.5) is 5.69 Å². The molecule has 2 saturated carbocycles. The number of carbonyl (C=O) groups is 1. The third-order valence-corrected chi connectivity index (χ3v) is 6.43. The lowest BCUT2D eigenvalue weighted by molar-refractivity contribution is 0.112. The van der Waals surface area contributed by atoms with Gasteiger partial charge in [-0.05, 0) is 45.6 Å². The molecule has 4 nitrogen and oxygen atoms in total. The first kappa shape index (κ1) is 26.7. The predicted octanol–water partition coefficient (Wildman–Crippen LogP) is 6.68. The van der Waals surface area contributed by atoms with Crippen LogP contribution in [0, 0.1) is 23.2 Å². The molecule has 2 aliphatic carbocycles. The summed E-state index contributed by atoms with van der Waals surface area (Å²) in [6.07, 6.45) is 13.7. The highest BCUT2D eigenvalue weighted by Gasteiger charge is 2.23. The lowest BCUT2D eigenvalue weighted by atomic mass is 9.91. The lowest BCUT2D eigenvalue weighted by Gasteiger charge is -2.30. The highest BCUT2D eigenvalue weighted by molar-refractivity contribution is 7.14. The fourth-order valence-corrected chi connectivity index (χ4v) is 4.61. The number of hydrogen-bond acceptors (Lipinski definition) is 5. The number of hydrogen-bond donors (Lipinski definition) is 2. The molecule has 0 radical (unpaired) electrons. The van der Waals surface area contributed by atoms with Crippen LogP contribution in [0.1, 0.15) is 106 Å². The molecule has 170 valence electrons. The minimum atomic E-state index is -0.0756. The van der Waals surface area contributed by atoms with E-state index in [2.05, 4.69) is 39.5 Å². The van der Waals surface area contributed by atoms with E-state index in [0.29, 0.717) is 10.6 Å². The predicted molar refractivity (Wildman–Crippen MR) is 128 cm³/mol. The largest absolute Gasteiger partial charge is 0.400 e. The van der Waals surface area contributed by atoms with E-state index < -0.39 is 0 Å². The maximum atomic E-state index is 11.3. The van der Waals surface area contributed by atoms with Gasteiger partial charge in [0.1, 0.15) is 0 Å². The van der Waals surface area contributed by atoms with Gasteiger partial charge >= 0.3 is 0 Å². The number of thiophene rings is 1. The number of nitrogens with zero attached hydrogens (tertiary/aromatic N) is 1. The van der Waals surface area contributed by atoms with E-state index in [0.717, 1.165) is 49.9 Å². The number of aldehydes is 1. The molecule has 30 heavy (non-hydrogen) atoms. The van der Waals surface area contributed by atoms with Crippen LogP contribution in [-0.4, -0.2) is 29.8 Å². The zero-order chi connectivity index (χ0) is 22.6. The molecule has 0 aromatic carbocycles. The Morgan fingerprint density at radius 1 is 1.03 bits per heavy atom. The maximum Gasteiger partial charge on any atom is 0.162 e. The van der Waals surface area contributed by atoms with Gasteiger partial charge < -0.3 is 5.11 Å².